The van der Waals surface area contributed by atoms with Crippen LogP contribution in [0.4, 0.5) is 0 Å². The van der Waals surface area contributed by atoms with Crippen molar-refractivity contribution in [2.45, 2.75) is 64.7 Å². The molecule has 0 unspecified atom stereocenters. The Hall–Kier alpha value is -0.870. The van der Waals surface area contributed by atoms with E-state index in [2.05, 4.69) is 11.9 Å². The van der Waals surface area contributed by atoms with Crippen LogP contribution in [0.25, 0.3) is 0 Å². The second kappa shape index (κ2) is 7.45. The first-order chi connectivity index (χ1) is 8.19. The van der Waals surface area contributed by atoms with E-state index in [4.69, 9.17) is 5.11 Å². The van der Waals surface area contributed by atoms with Gasteiger partial charge in [-0.15, -0.1) is 0 Å². The molecule has 1 rings (SSSR count). The van der Waals surface area contributed by atoms with Crippen molar-refractivity contribution in [2.75, 3.05) is 0 Å². The molecule has 0 aliphatic heterocycles. The molecule has 4 heteroatoms. The van der Waals surface area contributed by atoms with Gasteiger partial charge in [-0.3, -0.25) is 0 Å². The van der Waals surface area contributed by atoms with Crippen LogP contribution in [-0.4, -0.2) is 25.9 Å². The summed E-state index contributed by atoms with van der Waals surface area (Å²) in [4.78, 5) is 4.08. The highest BCUT2D eigenvalue weighted by molar-refractivity contribution is 4.96. The van der Waals surface area contributed by atoms with Crippen LogP contribution in [-0.2, 0) is 6.61 Å². The largest absolute Gasteiger partial charge is 0.391 e. The molecule has 0 aliphatic carbocycles. The number of nitrogens with zero attached hydrogens (tertiary/aromatic N) is 2. The number of hydrogen-bond donors (Lipinski definition) is 2. The first-order valence-corrected chi connectivity index (χ1v) is 6.50. The predicted octanol–water partition coefficient (Wildman–Crippen LogP) is 2.27. The van der Waals surface area contributed by atoms with E-state index in [0.29, 0.717) is 5.69 Å². The summed E-state index contributed by atoms with van der Waals surface area (Å²) in [5.74, 6) is 0. The molecule has 0 spiro atoms. The fourth-order valence-corrected chi connectivity index (χ4v) is 2.06. The summed E-state index contributed by atoms with van der Waals surface area (Å²) in [7, 11) is 0. The van der Waals surface area contributed by atoms with Gasteiger partial charge in [-0.25, -0.2) is 4.98 Å². The van der Waals surface area contributed by atoms with Crippen molar-refractivity contribution >= 4 is 0 Å². The summed E-state index contributed by atoms with van der Waals surface area (Å²) >= 11 is 0. The van der Waals surface area contributed by atoms with Crippen molar-refractivity contribution in [3.63, 3.8) is 0 Å². The maximum absolute atomic E-state index is 9.79. The Morgan fingerprint density at radius 1 is 1.35 bits per heavy atom. The average molecular weight is 240 g/mol. The van der Waals surface area contributed by atoms with E-state index in [-0.39, 0.29) is 12.6 Å². The number of imidazole rings is 1. The Balaban J connectivity index is 2.53. The Bertz CT molecular complexity index is 310. The Morgan fingerprint density at radius 3 is 2.65 bits per heavy atom. The number of hydrogen-bond acceptors (Lipinski definition) is 3. The number of aliphatic hydroxyl groups excluding tert-OH is 2. The van der Waals surface area contributed by atoms with Crippen molar-refractivity contribution in [3.8, 4) is 0 Å². The zero-order valence-corrected chi connectivity index (χ0v) is 10.8. The maximum atomic E-state index is 9.79. The van der Waals surface area contributed by atoms with E-state index in [9.17, 15) is 5.11 Å². The molecule has 0 bridgehead atoms. The minimum Gasteiger partial charge on any atom is -0.391 e. The Morgan fingerprint density at radius 2 is 2.12 bits per heavy atom. The molecule has 0 aliphatic rings. The third kappa shape index (κ3) is 4.48. The fraction of sp³-hybridized carbons (Fsp3) is 0.769. The van der Waals surface area contributed by atoms with E-state index in [1.807, 2.05) is 17.7 Å². The van der Waals surface area contributed by atoms with Gasteiger partial charge in [-0.05, 0) is 13.3 Å². The van der Waals surface area contributed by atoms with Crippen molar-refractivity contribution in [3.05, 3.63) is 18.2 Å². The number of unbranched alkanes of at least 4 members (excludes halogenated alkanes) is 3. The molecule has 0 fully saturated rings. The molecule has 0 aromatic carbocycles. The molecular weight excluding hydrogens is 216 g/mol. The van der Waals surface area contributed by atoms with Crippen LogP contribution in [0.15, 0.2) is 12.5 Å². The van der Waals surface area contributed by atoms with E-state index < -0.39 is 6.10 Å². The van der Waals surface area contributed by atoms with Crippen molar-refractivity contribution < 1.29 is 10.2 Å². The summed E-state index contributed by atoms with van der Waals surface area (Å²) in [5, 5.41) is 18.8. The number of aliphatic hydroxyl groups is 2. The van der Waals surface area contributed by atoms with Gasteiger partial charge in [-0.1, -0.05) is 32.6 Å². The standard InChI is InChI=1S/C13H24N2O2/c1-3-4-5-6-7-13(11(2)17)15-8-12(9-16)14-10-15/h8,10-11,13,16-17H,3-7,9H2,1-2H3/t11-,13+/m1/s1. The highest BCUT2D eigenvalue weighted by Crippen LogP contribution is 2.20. The second-order valence-electron chi connectivity index (χ2n) is 4.63. The van der Waals surface area contributed by atoms with Gasteiger partial charge in [0, 0.05) is 6.20 Å². The SMILES string of the molecule is CCCCCC[C@@H]([C@@H](C)O)n1cnc(CO)c1. The first-order valence-electron chi connectivity index (χ1n) is 6.50. The summed E-state index contributed by atoms with van der Waals surface area (Å²) in [5.41, 5.74) is 0.657. The summed E-state index contributed by atoms with van der Waals surface area (Å²) in [6, 6.07) is 0.0691. The molecule has 1 aromatic heterocycles. The van der Waals surface area contributed by atoms with Crippen LogP contribution in [0.3, 0.4) is 0 Å². The lowest BCUT2D eigenvalue weighted by Gasteiger charge is -2.21. The monoisotopic (exact) mass is 240 g/mol. The highest BCUT2D eigenvalue weighted by Gasteiger charge is 2.16. The zero-order chi connectivity index (χ0) is 12.7. The summed E-state index contributed by atoms with van der Waals surface area (Å²) < 4.78 is 1.92. The quantitative estimate of drug-likeness (QED) is 0.685. The lowest BCUT2D eigenvalue weighted by atomic mass is 10.0. The van der Waals surface area contributed by atoms with E-state index >= 15 is 0 Å². The molecule has 0 amide bonds. The molecule has 0 saturated carbocycles. The Kier molecular flexibility index (Phi) is 6.22. The molecule has 1 aromatic rings. The third-order valence-corrected chi connectivity index (χ3v) is 3.11. The van der Waals surface area contributed by atoms with Gasteiger partial charge in [0.15, 0.2) is 0 Å². The molecule has 0 saturated heterocycles. The fourth-order valence-electron chi connectivity index (χ4n) is 2.06. The minimum absolute atomic E-state index is 0.0463. The van der Waals surface area contributed by atoms with E-state index in [0.717, 1.165) is 12.8 Å². The van der Waals surface area contributed by atoms with Crippen LogP contribution >= 0.6 is 0 Å². The molecule has 2 N–H and O–H groups in total. The lowest BCUT2D eigenvalue weighted by molar-refractivity contribution is 0.122. The zero-order valence-electron chi connectivity index (χ0n) is 10.8. The average Bonchev–Trinajstić information content (AvgIpc) is 2.77. The van der Waals surface area contributed by atoms with Gasteiger partial charge in [0.1, 0.15) is 0 Å². The molecule has 17 heavy (non-hydrogen) atoms. The third-order valence-electron chi connectivity index (χ3n) is 3.11. The van der Waals surface area contributed by atoms with Crippen LogP contribution in [0.5, 0.6) is 0 Å². The van der Waals surface area contributed by atoms with Crippen LogP contribution in [0.2, 0.25) is 0 Å². The maximum Gasteiger partial charge on any atom is 0.0953 e. The van der Waals surface area contributed by atoms with E-state index in [1.165, 1.54) is 19.3 Å². The van der Waals surface area contributed by atoms with Crippen molar-refractivity contribution in [1.82, 2.24) is 9.55 Å². The molecular formula is C13H24N2O2. The summed E-state index contributed by atoms with van der Waals surface area (Å²) in [6.07, 6.45) is 8.88. The van der Waals surface area contributed by atoms with Gasteiger partial charge in [-0.2, -0.15) is 0 Å². The number of rotatable bonds is 8. The molecule has 2 atom stereocenters. The van der Waals surface area contributed by atoms with Gasteiger partial charge >= 0.3 is 0 Å². The molecule has 4 nitrogen and oxygen atoms in total. The van der Waals surface area contributed by atoms with Crippen molar-refractivity contribution in [2.24, 2.45) is 0 Å². The second-order valence-corrected chi connectivity index (χ2v) is 4.63. The minimum atomic E-state index is -0.391. The van der Waals surface area contributed by atoms with Gasteiger partial charge in [0.05, 0.1) is 30.8 Å². The molecule has 1 heterocycles. The van der Waals surface area contributed by atoms with Crippen LogP contribution < -0.4 is 0 Å². The summed E-state index contributed by atoms with van der Waals surface area (Å²) in [6.45, 7) is 3.95. The topological polar surface area (TPSA) is 58.3 Å². The van der Waals surface area contributed by atoms with Gasteiger partial charge < -0.3 is 14.8 Å². The molecule has 0 radical (unpaired) electrons. The molecule has 98 valence electrons. The van der Waals surface area contributed by atoms with Crippen molar-refractivity contribution in [1.29, 1.82) is 0 Å². The van der Waals surface area contributed by atoms with Crippen LogP contribution in [0.1, 0.15) is 57.7 Å². The van der Waals surface area contributed by atoms with Gasteiger partial charge in [0.25, 0.3) is 0 Å². The number of aromatic nitrogens is 2. The normalized spacial score (nSPS) is 14.8. The van der Waals surface area contributed by atoms with E-state index in [1.54, 1.807) is 6.33 Å². The first kappa shape index (κ1) is 14.2. The lowest BCUT2D eigenvalue weighted by Crippen LogP contribution is -2.20. The van der Waals surface area contributed by atoms with Crippen LogP contribution in [0, 0.1) is 0 Å². The smallest absolute Gasteiger partial charge is 0.0953 e. The predicted molar refractivity (Wildman–Crippen MR) is 67.6 cm³/mol. The highest BCUT2D eigenvalue weighted by atomic mass is 16.3. The van der Waals surface area contributed by atoms with Gasteiger partial charge in [0.2, 0.25) is 0 Å². The Labute approximate surface area is 103 Å².